The Balaban J connectivity index is 1.80. The van der Waals surface area contributed by atoms with E-state index in [-0.39, 0.29) is 15.7 Å². The number of nitrogens with zero attached hydrogens (tertiary/aromatic N) is 3. The highest BCUT2D eigenvalue weighted by Crippen LogP contribution is 2.22. The summed E-state index contributed by atoms with van der Waals surface area (Å²) >= 11 is 0.905. The van der Waals surface area contributed by atoms with Crippen LogP contribution in [0.2, 0.25) is 0 Å². The van der Waals surface area contributed by atoms with Gasteiger partial charge in [-0.15, -0.1) is 0 Å². The molecule has 2 heterocycles. The monoisotopic (exact) mass is 563 g/mol. The summed E-state index contributed by atoms with van der Waals surface area (Å²) in [7, 11) is 0. The Morgan fingerprint density at radius 1 is 1.31 bits per heavy atom. The molecule has 2 N–H and O–H groups in total. The number of alkyl halides is 3. The first kappa shape index (κ1) is 29.8. The second kappa shape index (κ2) is 13.8. The summed E-state index contributed by atoms with van der Waals surface area (Å²) in [6.07, 6.45) is -3.18. The van der Waals surface area contributed by atoms with Crippen molar-refractivity contribution < 1.29 is 27.4 Å². The third-order valence-electron chi connectivity index (χ3n) is 5.62. The van der Waals surface area contributed by atoms with E-state index in [0.29, 0.717) is 12.3 Å². The third-order valence-corrected chi connectivity index (χ3v) is 6.63. The highest BCUT2D eigenvalue weighted by molar-refractivity contribution is 7.07. The number of ether oxygens (including phenoxy) is 2. The molecule has 1 fully saturated rings. The number of nitriles is 1. The maximum atomic E-state index is 12.8. The lowest BCUT2D eigenvalue weighted by Crippen LogP contribution is -2.38. The van der Waals surface area contributed by atoms with Crippen LogP contribution in [0.15, 0.2) is 34.8 Å². The smallest absolute Gasteiger partial charge is 0.405 e. The van der Waals surface area contributed by atoms with Gasteiger partial charge >= 0.3 is 6.18 Å². The van der Waals surface area contributed by atoms with Gasteiger partial charge in [0, 0.05) is 44.1 Å². The normalized spacial score (nSPS) is 13.5. The number of hydrogen-bond acceptors (Lipinski definition) is 8. The van der Waals surface area contributed by atoms with Crippen molar-refractivity contribution in [3.63, 3.8) is 0 Å². The zero-order chi connectivity index (χ0) is 28.4. The van der Waals surface area contributed by atoms with Crippen LogP contribution in [-0.4, -0.2) is 67.6 Å². The maximum Gasteiger partial charge on any atom is 0.405 e. The number of nitrogens with one attached hydrogen (secondary N) is 2. The number of aromatic nitrogens is 1. The largest absolute Gasteiger partial charge is 0.492 e. The second-order valence-electron chi connectivity index (χ2n) is 8.41. The minimum absolute atomic E-state index is 0.114. The Hall–Kier alpha value is -3.78. The van der Waals surface area contributed by atoms with E-state index in [4.69, 9.17) is 9.47 Å². The Morgan fingerprint density at radius 2 is 2.05 bits per heavy atom. The highest BCUT2D eigenvalue weighted by Gasteiger charge is 2.28. The Morgan fingerprint density at radius 3 is 2.72 bits per heavy atom. The average molecular weight is 564 g/mol. The van der Waals surface area contributed by atoms with Crippen LogP contribution in [0.3, 0.4) is 0 Å². The molecular weight excluding hydrogens is 535 g/mol. The lowest BCUT2D eigenvalue weighted by atomic mass is 10.2. The summed E-state index contributed by atoms with van der Waals surface area (Å²) in [4.78, 5) is 27.0. The van der Waals surface area contributed by atoms with Crippen LogP contribution in [-0.2, 0) is 16.1 Å². The Bertz CT molecular complexity index is 1470. The van der Waals surface area contributed by atoms with Crippen LogP contribution in [0.4, 0.5) is 18.9 Å². The molecule has 0 atom stereocenters. The summed E-state index contributed by atoms with van der Waals surface area (Å²) < 4.78 is 50.0. The van der Waals surface area contributed by atoms with Gasteiger partial charge in [-0.25, -0.2) is 0 Å². The van der Waals surface area contributed by atoms with E-state index in [9.17, 15) is 28.0 Å². The van der Waals surface area contributed by atoms with Crippen molar-refractivity contribution in [2.75, 3.05) is 51.3 Å². The lowest BCUT2D eigenvalue weighted by molar-refractivity contribution is -0.136. The predicted octanol–water partition coefficient (Wildman–Crippen LogP) is 1.46. The predicted molar refractivity (Wildman–Crippen MR) is 141 cm³/mol. The molecule has 0 bridgehead atoms. The van der Waals surface area contributed by atoms with Crippen LogP contribution in [0.1, 0.15) is 12.5 Å². The molecule has 1 aromatic heterocycles. The minimum atomic E-state index is -4.63. The SMILES string of the molecule is CCn1c(=C=C(C#N)C(=O)NCC(F)(F)F)sc(=C=CNc2ccc(C)c(OCCN3CCOCC3)c2)c1=O. The molecular formula is C26H28F3N5O4S. The number of thiazole rings is 1. The van der Waals surface area contributed by atoms with Gasteiger partial charge in [0.05, 0.1) is 13.2 Å². The van der Waals surface area contributed by atoms with Crippen molar-refractivity contribution in [3.05, 3.63) is 55.1 Å². The van der Waals surface area contributed by atoms with E-state index in [1.807, 2.05) is 25.1 Å². The maximum absolute atomic E-state index is 12.8. The van der Waals surface area contributed by atoms with Crippen molar-refractivity contribution in [1.82, 2.24) is 14.8 Å². The molecule has 3 rings (SSSR count). The fourth-order valence-electron chi connectivity index (χ4n) is 3.53. The molecule has 39 heavy (non-hydrogen) atoms. The first-order chi connectivity index (χ1) is 18.6. The van der Waals surface area contributed by atoms with Gasteiger partial charge < -0.3 is 20.1 Å². The number of aryl methyl sites for hydroxylation is 1. The van der Waals surface area contributed by atoms with Gasteiger partial charge in [-0.2, -0.15) is 18.4 Å². The number of benzene rings is 1. The van der Waals surface area contributed by atoms with Gasteiger partial charge in [0.25, 0.3) is 11.5 Å². The van der Waals surface area contributed by atoms with Crippen molar-refractivity contribution in [3.8, 4) is 11.8 Å². The highest BCUT2D eigenvalue weighted by atomic mass is 32.1. The quantitative estimate of drug-likeness (QED) is 0.351. The van der Waals surface area contributed by atoms with E-state index in [2.05, 4.69) is 21.7 Å². The Kier molecular flexibility index (Phi) is 10.6. The standard InChI is InChI=1S/C26H28F3N5O4S/c1-3-34-23(14-19(16-30)24(35)32-17-26(27,28)29)39-22(25(34)36)6-7-31-20-5-4-18(2)21(15-20)38-13-10-33-8-11-37-12-9-33/h4-5,7,15,31H,3,8-13,17H2,1-2H3,(H,32,35). The molecule has 13 heteroatoms. The number of carbonyl (C=O) groups is 1. The van der Waals surface area contributed by atoms with Crippen molar-refractivity contribution in [2.24, 2.45) is 0 Å². The molecule has 1 amide bonds. The van der Waals surface area contributed by atoms with Gasteiger partial charge in [0.15, 0.2) is 5.57 Å². The molecule has 0 radical (unpaired) electrons. The van der Waals surface area contributed by atoms with Crippen molar-refractivity contribution in [1.29, 1.82) is 5.26 Å². The van der Waals surface area contributed by atoms with E-state index >= 15 is 0 Å². The average Bonchev–Trinajstić information content (AvgIpc) is 3.21. The first-order valence-corrected chi connectivity index (χ1v) is 12.9. The van der Waals surface area contributed by atoms with Gasteiger partial charge in [-0.1, -0.05) is 28.9 Å². The van der Waals surface area contributed by atoms with Crippen molar-refractivity contribution >= 4 is 34.4 Å². The van der Waals surface area contributed by atoms with E-state index < -0.39 is 29.8 Å². The van der Waals surface area contributed by atoms with Gasteiger partial charge in [0.1, 0.15) is 34.2 Å². The molecule has 0 saturated carbocycles. The number of carbonyl (C=O) groups excluding carboxylic acids is 1. The molecule has 0 aliphatic carbocycles. The van der Waals surface area contributed by atoms with E-state index in [0.717, 1.165) is 55.5 Å². The molecule has 1 aliphatic heterocycles. The molecule has 9 nitrogen and oxygen atoms in total. The zero-order valence-corrected chi connectivity index (χ0v) is 22.3. The number of rotatable bonds is 9. The molecule has 1 saturated heterocycles. The van der Waals surface area contributed by atoms with Crippen LogP contribution < -0.4 is 30.1 Å². The third kappa shape index (κ3) is 8.89. The number of anilines is 1. The van der Waals surface area contributed by atoms with Gasteiger partial charge in [-0.3, -0.25) is 19.1 Å². The van der Waals surface area contributed by atoms with Gasteiger partial charge in [0.2, 0.25) is 0 Å². The molecule has 2 aromatic rings. The molecule has 208 valence electrons. The van der Waals surface area contributed by atoms with E-state index in [1.54, 1.807) is 12.2 Å². The summed E-state index contributed by atoms with van der Waals surface area (Å²) in [5.41, 5.74) is 5.89. The molecule has 0 unspecified atom stereocenters. The van der Waals surface area contributed by atoms with Crippen LogP contribution in [0.5, 0.6) is 5.75 Å². The molecule has 0 spiro atoms. The summed E-state index contributed by atoms with van der Waals surface area (Å²) in [6.45, 7) is 6.76. The number of halogens is 3. The number of hydrogen-bond donors (Lipinski definition) is 2. The first-order valence-electron chi connectivity index (χ1n) is 12.1. The van der Waals surface area contributed by atoms with Crippen LogP contribution in [0, 0.1) is 18.3 Å². The zero-order valence-electron chi connectivity index (χ0n) is 21.5. The van der Waals surface area contributed by atoms with Crippen LogP contribution >= 0.6 is 11.3 Å². The second-order valence-corrected chi connectivity index (χ2v) is 9.41. The van der Waals surface area contributed by atoms with Crippen LogP contribution in [0.25, 0.3) is 11.5 Å². The lowest BCUT2D eigenvalue weighted by Gasteiger charge is -2.26. The number of morpholine rings is 1. The topological polar surface area (TPSA) is 109 Å². The summed E-state index contributed by atoms with van der Waals surface area (Å²) in [5, 5.41) is 13.9. The minimum Gasteiger partial charge on any atom is -0.492 e. The number of amides is 1. The summed E-state index contributed by atoms with van der Waals surface area (Å²) in [6, 6.07) is 7.12. The molecule has 1 aliphatic rings. The fourth-order valence-corrected chi connectivity index (χ4v) is 4.52. The van der Waals surface area contributed by atoms with E-state index in [1.165, 1.54) is 16.8 Å². The summed E-state index contributed by atoms with van der Waals surface area (Å²) in [5.74, 6) is -0.510. The van der Waals surface area contributed by atoms with Crippen molar-refractivity contribution in [2.45, 2.75) is 26.6 Å². The molecule has 1 aromatic carbocycles. The Labute approximate surface area is 226 Å². The fraction of sp³-hybridized carbons (Fsp3) is 0.423. The van der Waals surface area contributed by atoms with Gasteiger partial charge in [-0.05, 0) is 25.5 Å².